The van der Waals surface area contributed by atoms with E-state index < -0.39 is 15.8 Å². The van der Waals surface area contributed by atoms with E-state index in [9.17, 15) is 13.2 Å². The van der Waals surface area contributed by atoms with Crippen molar-refractivity contribution < 1.29 is 13.2 Å². The lowest BCUT2D eigenvalue weighted by atomic mass is 9.90. The van der Waals surface area contributed by atoms with Crippen LogP contribution in [0.4, 0.5) is 5.13 Å². The first-order valence-electron chi connectivity index (χ1n) is 10.1. The van der Waals surface area contributed by atoms with Crippen molar-refractivity contribution in [1.82, 2.24) is 4.98 Å². The third-order valence-electron chi connectivity index (χ3n) is 4.81. The van der Waals surface area contributed by atoms with E-state index in [0.29, 0.717) is 10.7 Å². The van der Waals surface area contributed by atoms with E-state index in [2.05, 4.69) is 16.4 Å². The van der Waals surface area contributed by atoms with E-state index in [1.54, 1.807) is 18.3 Å². The van der Waals surface area contributed by atoms with E-state index in [1.807, 2.05) is 57.2 Å². The van der Waals surface area contributed by atoms with E-state index in [0.717, 1.165) is 22.3 Å². The van der Waals surface area contributed by atoms with Crippen LogP contribution in [0.15, 0.2) is 83.4 Å². The zero-order chi connectivity index (χ0) is 23.3. The van der Waals surface area contributed by atoms with Crippen molar-refractivity contribution in [3.63, 3.8) is 0 Å². The maximum Gasteiger partial charge on any atom is 0.238 e. The molecular weight excluding hydrogens is 440 g/mol. The first kappa shape index (κ1) is 23.6. The highest BCUT2D eigenvalue weighted by Gasteiger charge is 2.24. The lowest BCUT2D eigenvalue weighted by molar-refractivity contribution is -0.116. The summed E-state index contributed by atoms with van der Waals surface area (Å²) in [4.78, 5) is 18.9. The average molecular weight is 467 g/mol. The molecular formula is C25H26N2O3S2. The molecule has 1 aromatic heterocycles. The Kier molecular flexibility index (Phi) is 7.43. The van der Waals surface area contributed by atoms with Crippen LogP contribution in [0.1, 0.15) is 42.7 Å². The van der Waals surface area contributed by atoms with Gasteiger partial charge in [0.15, 0.2) is 15.0 Å². The molecule has 0 saturated heterocycles. The number of nitrogens with one attached hydrogen (secondary N) is 1. The van der Waals surface area contributed by atoms with Crippen LogP contribution < -0.4 is 5.32 Å². The molecule has 0 radical (unpaired) electrons. The van der Waals surface area contributed by atoms with E-state index in [-0.39, 0.29) is 10.8 Å². The molecule has 1 heterocycles. The number of benzene rings is 2. The predicted molar refractivity (Wildman–Crippen MR) is 132 cm³/mol. The van der Waals surface area contributed by atoms with Crippen molar-refractivity contribution in [2.75, 3.05) is 11.6 Å². The first-order valence-corrected chi connectivity index (χ1v) is 12.8. The number of thiazole rings is 1. The molecule has 1 atom stereocenters. The molecule has 0 aliphatic rings. The largest absolute Gasteiger partial charge is 0.301 e. The summed E-state index contributed by atoms with van der Waals surface area (Å²) in [5, 5.41) is 3.45. The van der Waals surface area contributed by atoms with E-state index >= 15 is 0 Å². The van der Waals surface area contributed by atoms with Gasteiger partial charge in [-0.05, 0) is 49.6 Å². The van der Waals surface area contributed by atoms with Gasteiger partial charge in [-0.1, -0.05) is 71.5 Å². The number of anilines is 1. The number of nitrogens with zero attached hydrogens (tertiary/aromatic N) is 1. The van der Waals surface area contributed by atoms with Crippen LogP contribution in [0.25, 0.3) is 5.57 Å². The Morgan fingerprint density at radius 3 is 2.22 bits per heavy atom. The third-order valence-corrected chi connectivity index (χ3v) is 6.90. The minimum Gasteiger partial charge on any atom is -0.301 e. The van der Waals surface area contributed by atoms with Gasteiger partial charge in [-0.15, -0.1) is 0 Å². The number of sulfone groups is 1. The molecule has 0 fully saturated rings. The average Bonchev–Trinajstić information content (AvgIpc) is 3.20. The number of allylic oxidation sites excluding steroid dienone is 4. The van der Waals surface area contributed by atoms with Gasteiger partial charge in [-0.25, -0.2) is 13.4 Å². The van der Waals surface area contributed by atoms with Gasteiger partial charge in [-0.3, -0.25) is 4.79 Å². The number of hydrogen-bond donors (Lipinski definition) is 1. The summed E-state index contributed by atoms with van der Waals surface area (Å²) in [6.07, 6.45) is 7.02. The second-order valence-electron chi connectivity index (χ2n) is 7.67. The number of rotatable bonds is 7. The third kappa shape index (κ3) is 5.81. The quantitative estimate of drug-likeness (QED) is 0.454. The number of hydrogen-bond acceptors (Lipinski definition) is 5. The Balaban J connectivity index is 1.92. The Bertz CT molecular complexity index is 1250. The molecule has 7 heteroatoms. The summed E-state index contributed by atoms with van der Waals surface area (Å²) < 4.78 is 23.6. The normalized spacial score (nSPS) is 12.8. The highest BCUT2D eigenvalue weighted by Crippen LogP contribution is 2.30. The van der Waals surface area contributed by atoms with Crippen LogP contribution >= 0.6 is 11.3 Å². The van der Waals surface area contributed by atoms with Crippen LogP contribution in [0.2, 0.25) is 0 Å². The second kappa shape index (κ2) is 10.1. The SMILES string of the molecule is C/C=C(\C=C(C)C)c1cnc(NC(=O)C(c2ccccc2)c2ccc(S(C)(=O)=O)cc2)s1. The predicted octanol–water partition coefficient (Wildman–Crippen LogP) is 5.69. The van der Waals surface area contributed by atoms with Gasteiger partial charge in [0.1, 0.15) is 0 Å². The summed E-state index contributed by atoms with van der Waals surface area (Å²) in [7, 11) is -3.31. The van der Waals surface area contributed by atoms with Gasteiger partial charge in [0.05, 0.1) is 15.7 Å². The standard InChI is InChI=1S/C25H26N2O3S2/c1-5-18(15-17(2)3)22-16-26-25(31-22)27-24(28)23(19-9-7-6-8-10-19)20-11-13-21(14-12-20)32(4,29)30/h5-16,23H,1-4H3,(H,26,27,28)/b18-5+. The lowest BCUT2D eigenvalue weighted by Crippen LogP contribution is -2.22. The van der Waals surface area contributed by atoms with Gasteiger partial charge < -0.3 is 5.32 Å². The molecule has 1 N–H and O–H groups in total. The Labute approximate surface area is 193 Å². The van der Waals surface area contributed by atoms with Gasteiger partial charge in [0.25, 0.3) is 0 Å². The highest BCUT2D eigenvalue weighted by molar-refractivity contribution is 7.90. The van der Waals surface area contributed by atoms with E-state index in [4.69, 9.17) is 0 Å². The molecule has 0 bridgehead atoms. The van der Waals surface area contributed by atoms with Crippen molar-refractivity contribution in [1.29, 1.82) is 0 Å². The molecule has 0 aliphatic carbocycles. The molecule has 166 valence electrons. The lowest BCUT2D eigenvalue weighted by Gasteiger charge is -2.17. The molecule has 1 amide bonds. The smallest absolute Gasteiger partial charge is 0.238 e. The van der Waals surface area contributed by atoms with Gasteiger partial charge in [0, 0.05) is 12.5 Å². The van der Waals surface area contributed by atoms with Crippen molar-refractivity contribution in [3.8, 4) is 0 Å². The Morgan fingerprint density at radius 2 is 1.66 bits per heavy atom. The van der Waals surface area contributed by atoms with Crippen molar-refractivity contribution in [2.45, 2.75) is 31.6 Å². The van der Waals surface area contributed by atoms with Gasteiger partial charge in [0.2, 0.25) is 5.91 Å². The van der Waals surface area contributed by atoms with Crippen LogP contribution in [0, 0.1) is 0 Å². The second-order valence-corrected chi connectivity index (χ2v) is 10.7. The fourth-order valence-corrected chi connectivity index (χ4v) is 4.79. The highest BCUT2D eigenvalue weighted by atomic mass is 32.2. The minimum atomic E-state index is -3.31. The number of carbonyl (C=O) groups is 1. The summed E-state index contributed by atoms with van der Waals surface area (Å²) in [6, 6.07) is 15.9. The summed E-state index contributed by atoms with van der Waals surface area (Å²) in [6.45, 7) is 6.04. The topological polar surface area (TPSA) is 76.1 Å². The minimum absolute atomic E-state index is 0.219. The monoisotopic (exact) mass is 466 g/mol. The van der Waals surface area contributed by atoms with Gasteiger partial charge in [-0.2, -0.15) is 0 Å². The number of amides is 1. The van der Waals surface area contributed by atoms with Crippen molar-refractivity contribution >= 4 is 37.8 Å². The van der Waals surface area contributed by atoms with Gasteiger partial charge >= 0.3 is 0 Å². The summed E-state index contributed by atoms with van der Waals surface area (Å²) >= 11 is 1.41. The van der Waals surface area contributed by atoms with Crippen LogP contribution in [0.3, 0.4) is 0 Å². The maximum absolute atomic E-state index is 13.3. The van der Waals surface area contributed by atoms with Crippen molar-refractivity contribution in [3.05, 3.63) is 94.5 Å². The molecule has 3 rings (SSSR count). The first-order chi connectivity index (χ1) is 15.2. The van der Waals surface area contributed by atoms with Crippen molar-refractivity contribution in [2.24, 2.45) is 0 Å². The van der Waals surface area contributed by atoms with Crippen LogP contribution in [0.5, 0.6) is 0 Å². The summed E-state index contributed by atoms with van der Waals surface area (Å²) in [5.74, 6) is -0.829. The molecule has 0 aliphatic heterocycles. The van der Waals surface area contributed by atoms with E-state index in [1.165, 1.54) is 29.0 Å². The molecule has 0 spiro atoms. The number of carbonyl (C=O) groups excluding carboxylic acids is 1. The number of aromatic nitrogens is 1. The Hall–Kier alpha value is -3.03. The van der Waals surface area contributed by atoms with Crippen LogP contribution in [-0.2, 0) is 14.6 Å². The molecule has 0 saturated carbocycles. The Morgan fingerprint density at radius 1 is 1.03 bits per heavy atom. The molecule has 32 heavy (non-hydrogen) atoms. The fourth-order valence-electron chi connectivity index (χ4n) is 3.30. The molecule has 1 unspecified atom stereocenters. The van der Waals surface area contributed by atoms with Crippen LogP contribution in [-0.4, -0.2) is 25.6 Å². The molecule has 2 aromatic carbocycles. The zero-order valence-corrected chi connectivity index (χ0v) is 20.1. The summed E-state index contributed by atoms with van der Waals surface area (Å²) in [5.41, 5.74) is 3.75. The zero-order valence-electron chi connectivity index (χ0n) is 18.5. The fraction of sp³-hybridized carbons (Fsp3) is 0.200. The molecule has 3 aromatic rings. The molecule has 5 nitrogen and oxygen atoms in total. The maximum atomic E-state index is 13.3.